The molecule has 0 spiro atoms. The fourth-order valence-electron chi connectivity index (χ4n) is 1.64. The first-order valence-corrected chi connectivity index (χ1v) is 8.09. The lowest BCUT2D eigenvalue weighted by molar-refractivity contribution is -0.142. The van der Waals surface area contributed by atoms with E-state index in [1.807, 2.05) is 42.5 Å². The zero-order valence-corrected chi connectivity index (χ0v) is 14.3. The molecule has 6 heteroatoms. The molecule has 0 radical (unpaired) electrons. The van der Waals surface area contributed by atoms with Gasteiger partial charge in [0.05, 0.1) is 3.79 Å². The topological polar surface area (TPSA) is 46.6 Å². The number of amides is 1. The minimum atomic E-state index is -0.542. The highest BCUT2D eigenvalue weighted by Crippen LogP contribution is 2.22. The molecule has 1 aromatic heterocycles. The molecular formula is C16H14BrNO3S. The lowest BCUT2D eigenvalue weighted by Crippen LogP contribution is -2.30. The van der Waals surface area contributed by atoms with Gasteiger partial charge in [0.2, 0.25) is 0 Å². The van der Waals surface area contributed by atoms with Crippen LogP contribution in [0.25, 0.3) is 6.08 Å². The Kier molecular flexibility index (Phi) is 5.91. The molecule has 0 unspecified atom stereocenters. The number of thiophene rings is 1. The fourth-order valence-corrected chi connectivity index (χ4v) is 2.97. The number of esters is 1. The summed E-state index contributed by atoms with van der Waals surface area (Å²) in [5, 5.41) is 0. The van der Waals surface area contributed by atoms with Crippen LogP contribution < -0.4 is 4.90 Å². The van der Waals surface area contributed by atoms with Crippen LogP contribution >= 0.6 is 27.3 Å². The normalized spacial score (nSPS) is 10.6. The van der Waals surface area contributed by atoms with Crippen molar-refractivity contribution in [1.82, 2.24) is 0 Å². The number of anilines is 1. The molecule has 22 heavy (non-hydrogen) atoms. The van der Waals surface area contributed by atoms with Crippen molar-refractivity contribution >= 4 is 50.9 Å². The minimum Gasteiger partial charge on any atom is -0.452 e. The number of carbonyl (C=O) groups is 2. The molecule has 2 aromatic rings. The molecule has 4 nitrogen and oxygen atoms in total. The number of carbonyl (C=O) groups excluding carboxylic acids is 2. The molecule has 0 aliphatic carbocycles. The molecule has 1 aromatic carbocycles. The Morgan fingerprint density at radius 2 is 1.95 bits per heavy atom. The van der Waals surface area contributed by atoms with E-state index in [4.69, 9.17) is 4.74 Å². The molecule has 0 N–H and O–H groups in total. The SMILES string of the molecule is CN(C(=O)COC(=O)/C=C/c1ccc(Br)s1)c1ccccc1. The van der Waals surface area contributed by atoms with E-state index in [0.29, 0.717) is 0 Å². The van der Waals surface area contributed by atoms with E-state index in [9.17, 15) is 9.59 Å². The summed E-state index contributed by atoms with van der Waals surface area (Å²) in [7, 11) is 1.64. The lowest BCUT2D eigenvalue weighted by Gasteiger charge is -2.16. The van der Waals surface area contributed by atoms with Crippen LogP contribution in [0.4, 0.5) is 5.69 Å². The maximum Gasteiger partial charge on any atom is 0.331 e. The van der Waals surface area contributed by atoms with Gasteiger partial charge in [-0.05, 0) is 46.3 Å². The van der Waals surface area contributed by atoms with Crippen molar-refractivity contribution in [2.45, 2.75) is 0 Å². The average Bonchev–Trinajstić information content (AvgIpc) is 2.96. The Labute approximate surface area is 141 Å². The van der Waals surface area contributed by atoms with Gasteiger partial charge in [0.25, 0.3) is 5.91 Å². The van der Waals surface area contributed by atoms with E-state index >= 15 is 0 Å². The summed E-state index contributed by atoms with van der Waals surface area (Å²) in [6.07, 6.45) is 2.97. The number of nitrogens with zero attached hydrogens (tertiary/aromatic N) is 1. The summed E-state index contributed by atoms with van der Waals surface area (Å²) in [5.41, 5.74) is 0.752. The van der Waals surface area contributed by atoms with Crippen LogP contribution in [-0.4, -0.2) is 25.5 Å². The van der Waals surface area contributed by atoms with Gasteiger partial charge in [-0.3, -0.25) is 4.79 Å². The molecule has 0 fully saturated rings. The first-order chi connectivity index (χ1) is 10.6. The van der Waals surface area contributed by atoms with Crippen molar-refractivity contribution in [2.24, 2.45) is 0 Å². The van der Waals surface area contributed by atoms with Crippen LogP contribution in [0.1, 0.15) is 4.88 Å². The molecule has 0 saturated heterocycles. The molecule has 0 aliphatic rings. The molecule has 0 atom stereocenters. The van der Waals surface area contributed by atoms with Crippen LogP contribution in [0, 0.1) is 0 Å². The van der Waals surface area contributed by atoms with Crippen molar-refractivity contribution < 1.29 is 14.3 Å². The molecule has 0 bridgehead atoms. The zero-order chi connectivity index (χ0) is 15.9. The Balaban J connectivity index is 1.83. The standard InChI is InChI=1S/C16H14BrNO3S/c1-18(12-5-3-2-4-6-12)15(19)11-21-16(20)10-8-13-7-9-14(17)22-13/h2-10H,11H2,1H3/b10-8+. The predicted octanol–water partition coefficient (Wildman–Crippen LogP) is 3.73. The third-order valence-corrected chi connectivity index (χ3v) is 4.42. The van der Waals surface area contributed by atoms with E-state index in [0.717, 1.165) is 14.4 Å². The third-order valence-electron chi connectivity index (χ3n) is 2.83. The van der Waals surface area contributed by atoms with Crippen LogP contribution in [0.2, 0.25) is 0 Å². The third kappa shape index (κ3) is 4.82. The Hall–Kier alpha value is -1.92. The highest BCUT2D eigenvalue weighted by atomic mass is 79.9. The second-order valence-corrected chi connectivity index (χ2v) is 6.87. The van der Waals surface area contributed by atoms with Crippen LogP contribution in [0.3, 0.4) is 0 Å². The van der Waals surface area contributed by atoms with Crippen molar-refractivity contribution in [2.75, 3.05) is 18.6 Å². The maximum absolute atomic E-state index is 11.9. The number of rotatable bonds is 5. The number of likely N-dealkylation sites (N-methyl/N-ethyl adjacent to an activating group) is 1. The highest BCUT2D eigenvalue weighted by molar-refractivity contribution is 9.11. The van der Waals surface area contributed by atoms with Crippen molar-refractivity contribution in [1.29, 1.82) is 0 Å². The van der Waals surface area contributed by atoms with E-state index in [-0.39, 0.29) is 12.5 Å². The lowest BCUT2D eigenvalue weighted by atomic mass is 10.3. The van der Waals surface area contributed by atoms with Gasteiger partial charge in [0.1, 0.15) is 0 Å². The second kappa shape index (κ2) is 7.91. The highest BCUT2D eigenvalue weighted by Gasteiger charge is 2.12. The largest absolute Gasteiger partial charge is 0.452 e. The number of para-hydroxylation sites is 1. The molecule has 2 rings (SSSR count). The molecule has 114 valence electrons. The summed E-state index contributed by atoms with van der Waals surface area (Å²) in [6, 6.07) is 13.0. The molecule has 1 heterocycles. The van der Waals surface area contributed by atoms with E-state index < -0.39 is 5.97 Å². The molecular weight excluding hydrogens is 366 g/mol. The van der Waals surface area contributed by atoms with Crippen molar-refractivity contribution in [3.63, 3.8) is 0 Å². The number of halogens is 1. The monoisotopic (exact) mass is 379 g/mol. The number of ether oxygens (including phenoxy) is 1. The summed E-state index contributed by atoms with van der Waals surface area (Å²) >= 11 is 4.85. The smallest absolute Gasteiger partial charge is 0.331 e. The molecule has 0 saturated carbocycles. The van der Waals surface area contributed by atoms with Gasteiger partial charge in [-0.2, -0.15) is 0 Å². The van der Waals surface area contributed by atoms with Crippen LogP contribution in [0.5, 0.6) is 0 Å². The van der Waals surface area contributed by atoms with Crippen LogP contribution in [0.15, 0.2) is 52.3 Å². The van der Waals surface area contributed by atoms with Gasteiger partial charge in [0.15, 0.2) is 6.61 Å². The van der Waals surface area contributed by atoms with Gasteiger partial charge >= 0.3 is 5.97 Å². The Morgan fingerprint density at radius 1 is 1.23 bits per heavy atom. The van der Waals surface area contributed by atoms with E-state index in [1.54, 1.807) is 13.1 Å². The van der Waals surface area contributed by atoms with E-state index in [1.165, 1.54) is 22.3 Å². The fraction of sp³-hybridized carbons (Fsp3) is 0.125. The van der Waals surface area contributed by atoms with Crippen LogP contribution in [-0.2, 0) is 14.3 Å². The quantitative estimate of drug-likeness (QED) is 0.587. The second-order valence-electron chi connectivity index (χ2n) is 4.37. The van der Waals surface area contributed by atoms with Gasteiger partial charge in [-0.15, -0.1) is 11.3 Å². The Morgan fingerprint density at radius 3 is 2.59 bits per heavy atom. The average molecular weight is 380 g/mol. The summed E-state index contributed by atoms with van der Waals surface area (Å²) in [5.74, 6) is -0.828. The minimum absolute atomic E-state index is 0.285. The van der Waals surface area contributed by atoms with Gasteiger partial charge in [-0.1, -0.05) is 18.2 Å². The summed E-state index contributed by atoms with van der Waals surface area (Å²) in [4.78, 5) is 25.9. The number of hydrogen-bond donors (Lipinski definition) is 0. The molecule has 0 aliphatic heterocycles. The first kappa shape index (κ1) is 16.5. The van der Waals surface area contributed by atoms with Crippen molar-refractivity contribution in [3.8, 4) is 0 Å². The van der Waals surface area contributed by atoms with Crippen molar-refractivity contribution in [3.05, 3.63) is 57.2 Å². The summed E-state index contributed by atoms with van der Waals surface area (Å²) < 4.78 is 5.94. The summed E-state index contributed by atoms with van der Waals surface area (Å²) in [6.45, 7) is -0.289. The number of hydrogen-bond acceptors (Lipinski definition) is 4. The Bertz CT molecular complexity index is 682. The zero-order valence-electron chi connectivity index (χ0n) is 11.9. The maximum atomic E-state index is 11.9. The predicted molar refractivity (Wildman–Crippen MR) is 91.9 cm³/mol. The van der Waals surface area contributed by atoms with Gasteiger partial charge in [0, 0.05) is 23.7 Å². The van der Waals surface area contributed by atoms with Gasteiger partial charge < -0.3 is 9.64 Å². The van der Waals surface area contributed by atoms with Gasteiger partial charge in [-0.25, -0.2) is 4.79 Å². The van der Waals surface area contributed by atoms with E-state index in [2.05, 4.69) is 15.9 Å². The molecule has 1 amide bonds. The number of benzene rings is 1. The first-order valence-electron chi connectivity index (χ1n) is 6.48.